The molecule has 18 N–H and O–H groups in total. The minimum absolute atomic E-state index is 0.0404. The van der Waals surface area contributed by atoms with Crippen molar-refractivity contribution in [2.24, 2.45) is 33.8 Å². The van der Waals surface area contributed by atoms with Crippen LogP contribution in [0.3, 0.4) is 0 Å². The number of amides is 9. The number of benzene rings is 1. The molecule has 67 heavy (non-hydrogen) atoms. The smallest absolute Gasteiger partial charge is 0.305 e. The summed E-state index contributed by atoms with van der Waals surface area (Å²) in [6.07, 6.45) is 0.167. The molecule has 1 fully saturated rings. The third kappa shape index (κ3) is 19.3. The molecule has 0 spiro atoms. The van der Waals surface area contributed by atoms with Crippen molar-refractivity contribution in [3.63, 3.8) is 0 Å². The number of primary amides is 1. The number of nitrogens with zero attached hydrogens (tertiary/aromatic N) is 2. The van der Waals surface area contributed by atoms with E-state index in [2.05, 4.69) is 54.8 Å². The summed E-state index contributed by atoms with van der Waals surface area (Å²) < 4.78 is 0. The number of carbonyl (C=O) groups is 10. The molecule has 0 bridgehead atoms. The maximum atomic E-state index is 13.9. The van der Waals surface area contributed by atoms with Crippen LogP contribution in [0.4, 0.5) is 0 Å². The van der Waals surface area contributed by atoms with Crippen molar-refractivity contribution in [1.29, 1.82) is 0 Å². The third-order valence-corrected chi connectivity index (χ3v) is 10.9. The third-order valence-electron chi connectivity index (χ3n) is 10.5. The molecule has 1 aromatic rings. The Bertz CT molecular complexity index is 1950. The second kappa shape index (κ2) is 28.3. The van der Waals surface area contributed by atoms with Gasteiger partial charge in [-0.25, -0.2) is 0 Å². The molecule has 1 saturated heterocycles. The van der Waals surface area contributed by atoms with Gasteiger partial charge in [0, 0.05) is 25.3 Å². The molecule has 0 saturated carbocycles. The Morgan fingerprint density at radius 2 is 1.42 bits per heavy atom. The largest absolute Gasteiger partial charge is 0.508 e. The first-order valence-electron chi connectivity index (χ1n) is 21.3. The molecule has 8 atom stereocenters. The molecule has 2 rings (SSSR count). The van der Waals surface area contributed by atoms with Crippen LogP contribution in [0.15, 0.2) is 29.3 Å². The molecule has 8 unspecified atom stereocenters. The van der Waals surface area contributed by atoms with Gasteiger partial charge in [0.1, 0.15) is 42.0 Å². The van der Waals surface area contributed by atoms with Gasteiger partial charge in [-0.3, -0.25) is 52.9 Å². The van der Waals surface area contributed by atoms with E-state index in [0.29, 0.717) is 18.4 Å². The summed E-state index contributed by atoms with van der Waals surface area (Å²) in [5, 5.41) is 45.8. The predicted molar refractivity (Wildman–Crippen MR) is 242 cm³/mol. The fourth-order valence-electron chi connectivity index (χ4n) is 6.58. The molecular weight excluding hydrogens is 903 g/mol. The second-order valence-corrected chi connectivity index (χ2v) is 16.0. The van der Waals surface area contributed by atoms with Crippen LogP contribution in [0.1, 0.15) is 57.9 Å². The maximum absolute atomic E-state index is 13.9. The van der Waals surface area contributed by atoms with Gasteiger partial charge in [0.25, 0.3) is 0 Å². The molecule has 372 valence electrons. The zero-order valence-corrected chi connectivity index (χ0v) is 38.1. The summed E-state index contributed by atoms with van der Waals surface area (Å²) in [4.78, 5) is 134. The van der Waals surface area contributed by atoms with Crippen molar-refractivity contribution in [3.8, 4) is 5.75 Å². The number of phenols is 1. The number of guanidine groups is 1. The number of carboxylic acid groups (broad SMARTS) is 1. The molecule has 1 aliphatic rings. The number of aliphatic hydroxyl groups is 1. The van der Waals surface area contributed by atoms with Gasteiger partial charge in [0.05, 0.1) is 32.2 Å². The normalized spacial score (nSPS) is 16.3. The Morgan fingerprint density at radius 3 is 1.99 bits per heavy atom. The summed E-state index contributed by atoms with van der Waals surface area (Å²) >= 11 is 3.94. The number of rotatable bonds is 28. The summed E-state index contributed by atoms with van der Waals surface area (Å²) in [5.41, 5.74) is 22.1. The van der Waals surface area contributed by atoms with E-state index in [1.165, 1.54) is 24.3 Å². The van der Waals surface area contributed by atoms with E-state index >= 15 is 0 Å². The monoisotopic (exact) mass is 965 g/mol. The molecule has 0 aromatic heterocycles. The lowest BCUT2D eigenvalue weighted by molar-refractivity contribution is -0.146. The molecular formula is C40H63N13O13S. The lowest BCUT2D eigenvalue weighted by Gasteiger charge is -2.29. The number of likely N-dealkylation sites (tertiary alicyclic amines) is 1. The van der Waals surface area contributed by atoms with Gasteiger partial charge in [-0.1, -0.05) is 32.4 Å². The Labute approximate surface area is 391 Å². The predicted octanol–water partition coefficient (Wildman–Crippen LogP) is -6.11. The van der Waals surface area contributed by atoms with Gasteiger partial charge in [0.15, 0.2) is 5.96 Å². The fourth-order valence-corrected chi connectivity index (χ4v) is 6.75. The van der Waals surface area contributed by atoms with Crippen molar-refractivity contribution in [2.75, 3.05) is 38.5 Å². The van der Waals surface area contributed by atoms with E-state index in [9.17, 15) is 63.3 Å². The highest BCUT2D eigenvalue weighted by atomic mass is 32.1. The van der Waals surface area contributed by atoms with Crippen LogP contribution in [0.25, 0.3) is 0 Å². The summed E-state index contributed by atoms with van der Waals surface area (Å²) in [7, 11) is 0. The fraction of sp³-hybridized carbons (Fsp3) is 0.575. The van der Waals surface area contributed by atoms with Gasteiger partial charge in [-0.05, 0) is 49.3 Å². The first-order chi connectivity index (χ1) is 31.6. The molecule has 0 radical (unpaired) electrons. The van der Waals surface area contributed by atoms with Gasteiger partial charge >= 0.3 is 5.97 Å². The number of phenolic OH excluding ortho intramolecular Hbond substituents is 1. The first-order valence-corrected chi connectivity index (χ1v) is 21.9. The van der Waals surface area contributed by atoms with E-state index in [0.717, 1.165) is 4.90 Å². The number of carboxylic acids is 1. The highest BCUT2D eigenvalue weighted by Crippen LogP contribution is 2.20. The Kier molecular flexibility index (Phi) is 23.8. The number of aliphatic carboxylic acids is 1. The van der Waals surface area contributed by atoms with Crippen molar-refractivity contribution in [3.05, 3.63) is 29.8 Å². The number of carbonyl (C=O) groups excluding carboxylic acids is 9. The molecule has 9 amide bonds. The first kappa shape index (κ1) is 56.4. The zero-order valence-electron chi connectivity index (χ0n) is 37.2. The summed E-state index contributed by atoms with van der Waals surface area (Å²) in [5.74, 6) is -10.1. The van der Waals surface area contributed by atoms with Gasteiger partial charge in [-0.15, -0.1) is 0 Å². The van der Waals surface area contributed by atoms with Crippen molar-refractivity contribution in [2.45, 2.75) is 101 Å². The molecule has 27 heteroatoms. The van der Waals surface area contributed by atoms with Crippen molar-refractivity contribution in [1.82, 2.24) is 42.1 Å². The number of aliphatic hydroxyl groups excluding tert-OH is 1. The quantitative estimate of drug-likeness (QED) is 0.0161. The Hall–Kier alpha value is -6.74. The van der Waals surface area contributed by atoms with Gasteiger partial charge < -0.3 is 80.4 Å². The van der Waals surface area contributed by atoms with E-state index in [1.54, 1.807) is 13.8 Å². The number of nitrogens with one attached hydrogen (secondary N) is 7. The maximum Gasteiger partial charge on any atom is 0.305 e. The zero-order chi connectivity index (χ0) is 50.4. The molecule has 1 heterocycles. The standard InChI is InChI=1S/C40H63N13O13S/c1-3-20(2)32(38(65)47-17-30(57)49-27(18-54)36(63)50-24(33(42)60)6-4-12-45-40(43)44)52-35(62)25(14-21-8-10-22(55)11-9-21)48-29(56)16-46-37(64)28-7-5-13-53(28)39(66)26(15-31(58)59)51-34(61)23(41)19-67/h8-11,20,23-28,32,54-55,67H,3-7,12-19,41H2,1-2H3,(H2,42,60)(H,46,64)(H,47,65)(H,48,56)(H,49,57)(H,50,63)(H,51,61)(H,52,62)(H,58,59)(H4,43,44,45). The van der Waals surface area contributed by atoms with Crippen LogP contribution in [0.5, 0.6) is 5.75 Å². The average Bonchev–Trinajstić information content (AvgIpc) is 3.78. The van der Waals surface area contributed by atoms with Gasteiger partial charge in [0.2, 0.25) is 53.2 Å². The van der Waals surface area contributed by atoms with Crippen LogP contribution in [-0.4, -0.2) is 166 Å². The Morgan fingerprint density at radius 1 is 0.821 bits per heavy atom. The van der Waals surface area contributed by atoms with Crippen molar-refractivity contribution < 1.29 is 63.3 Å². The molecule has 1 aromatic carbocycles. The Balaban J connectivity index is 2.15. The van der Waals surface area contributed by atoms with Crippen LogP contribution < -0.4 is 60.2 Å². The molecule has 26 nitrogen and oxygen atoms in total. The number of aliphatic imine (C=N–C) groups is 1. The number of hydrogen-bond acceptors (Lipinski definition) is 15. The SMILES string of the molecule is CCC(C)C(NC(=O)C(Cc1ccc(O)cc1)NC(=O)CNC(=O)C1CCCN1C(=O)C(CC(=O)O)NC(=O)C(N)CS)C(=O)NCC(=O)NC(CO)C(=O)NC(CCCN=C(N)N)C(N)=O. The minimum atomic E-state index is -1.55. The van der Waals surface area contributed by atoms with Crippen molar-refractivity contribution >= 4 is 77.7 Å². The molecule has 1 aliphatic heterocycles. The van der Waals surface area contributed by atoms with Crippen LogP contribution in [0.2, 0.25) is 0 Å². The highest BCUT2D eigenvalue weighted by Gasteiger charge is 2.39. The molecule has 0 aliphatic carbocycles. The second-order valence-electron chi connectivity index (χ2n) is 15.7. The number of nitrogens with two attached hydrogens (primary N) is 4. The van der Waals surface area contributed by atoms with Gasteiger partial charge in [-0.2, -0.15) is 12.6 Å². The van der Waals surface area contributed by atoms with Crippen LogP contribution in [0, 0.1) is 5.92 Å². The average molecular weight is 966 g/mol. The number of hydrogen-bond donors (Lipinski definition) is 15. The van der Waals surface area contributed by atoms with Crippen LogP contribution in [-0.2, 0) is 54.4 Å². The topological polar surface area (TPSA) is 435 Å². The number of thiol groups is 1. The minimum Gasteiger partial charge on any atom is -0.508 e. The van der Waals surface area contributed by atoms with E-state index in [1.807, 2.05) is 0 Å². The van der Waals surface area contributed by atoms with E-state index < -0.39 is 133 Å². The van der Waals surface area contributed by atoms with E-state index in [4.69, 9.17) is 22.9 Å². The summed E-state index contributed by atoms with van der Waals surface area (Å²) in [6, 6.07) is -3.57. The summed E-state index contributed by atoms with van der Waals surface area (Å²) in [6.45, 7) is 1.24. The number of aromatic hydroxyl groups is 1. The lowest BCUT2D eigenvalue weighted by Crippen LogP contribution is -2.59. The highest BCUT2D eigenvalue weighted by molar-refractivity contribution is 7.80. The lowest BCUT2D eigenvalue weighted by atomic mass is 9.97. The van der Waals surface area contributed by atoms with Crippen LogP contribution >= 0.6 is 12.6 Å². The van der Waals surface area contributed by atoms with E-state index in [-0.39, 0.29) is 56.2 Å².